The smallest absolute Gasteiger partial charge is 0.411 e. The number of amides is 1. The Morgan fingerprint density at radius 2 is 1.81 bits per heavy atom. The normalized spacial score (nSPS) is 42.4. The first-order valence-corrected chi connectivity index (χ1v) is 16.9. The van der Waals surface area contributed by atoms with Crippen LogP contribution in [0.3, 0.4) is 0 Å². The van der Waals surface area contributed by atoms with E-state index in [1.807, 2.05) is 6.07 Å². The van der Waals surface area contributed by atoms with Gasteiger partial charge in [0.15, 0.2) is 11.5 Å². The van der Waals surface area contributed by atoms with Gasteiger partial charge in [0.25, 0.3) is 0 Å². The molecule has 252 valence electrons. The second kappa shape index (κ2) is 10.8. The lowest BCUT2D eigenvalue weighted by atomic mass is 9.45. The van der Waals surface area contributed by atoms with Crippen molar-refractivity contribution in [2.75, 3.05) is 32.6 Å². The van der Waals surface area contributed by atoms with Crippen LogP contribution in [0.2, 0.25) is 0 Å². The van der Waals surface area contributed by atoms with Crippen LogP contribution in [0.1, 0.15) is 49.4 Å². The zero-order chi connectivity index (χ0) is 32.9. The molecule has 4 N–H and O–H groups in total. The minimum Gasteiger partial charge on any atom is -0.504 e. The van der Waals surface area contributed by atoms with Crippen LogP contribution in [0, 0.1) is 35.0 Å². The van der Waals surface area contributed by atoms with Gasteiger partial charge in [0.1, 0.15) is 11.2 Å². The van der Waals surface area contributed by atoms with Gasteiger partial charge in [0.2, 0.25) is 0 Å². The Kier molecular flexibility index (Phi) is 7.12. The number of aromatic hydroxyl groups is 1. The Labute approximate surface area is 274 Å². The summed E-state index contributed by atoms with van der Waals surface area (Å²) < 4.78 is 24.7. The number of likely N-dealkylation sites (tertiary alicyclic amines) is 1. The Bertz CT molecular complexity index is 1590. The predicted molar refractivity (Wildman–Crippen MR) is 169 cm³/mol. The third kappa shape index (κ3) is 4.00. The second-order valence-electron chi connectivity index (χ2n) is 14.6. The highest BCUT2D eigenvalue weighted by molar-refractivity contribution is 5.99. The van der Waals surface area contributed by atoms with Crippen LogP contribution >= 0.6 is 0 Å². The number of methoxy groups -OCH3 is 2. The number of fused-ring (bicyclic) bond motifs is 2. The van der Waals surface area contributed by atoms with Crippen LogP contribution in [0.4, 0.5) is 10.5 Å². The molecule has 6 fully saturated rings. The largest absolute Gasteiger partial charge is 0.504 e. The Morgan fingerprint density at radius 1 is 1.04 bits per heavy atom. The number of nitrogens with one attached hydrogen (secondary N) is 1. The van der Waals surface area contributed by atoms with Gasteiger partial charge in [-0.2, -0.15) is 0 Å². The number of rotatable bonds is 7. The summed E-state index contributed by atoms with van der Waals surface area (Å²) in [6.45, 7) is 3.28. The lowest BCUT2D eigenvalue weighted by molar-refractivity contribution is -0.275. The molecule has 5 aliphatic carbocycles. The van der Waals surface area contributed by atoms with Gasteiger partial charge in [-0.15, -0.1) is 0 Å². The monoisotopic (exact) mass is 648 g/mol. The molecule has 12 atom stereocenters. The number of ether oxygens (including phenoxy) is 4. The molecule has 1 amide bonds. The molecule has 11 heteroatoms. The van der Waals surface area contributed by atoms with Gasteiger partial charge in [-0.05, 0) is 62.4 Å². The van der Waals surface area contributed by atoms with E-state index in [4.69, 9.17) is 18.9 Å². The number of likely N-dealkylation sites (N-methyl/N-ethyl adjacent to an activating group) is 1. The van der Waals surface area contributed by atoms with E-state index in [0.29, 0.717) is 56.6 Å². The maximum atomic E-state index is 14.2. The number of phenols is 1. The fraction of sp³-hybridized carbons (Fsp3) is 0.611. The van der Waals surface area contributed by atoms with Crippen molar-refractivity contribution >= 4 is 17.7 Å². The number of aliphatic hydroxyl groups excluding tert-OH is 2. The number of para-hydroxylation sites is 3. The van der Waals surface area contributed by atoms with Crippen LogP contribution in [0.15, 0.2) is 48.5 Å². The number of piperidine rings is 1. The maximum Gasteiger partial charge on any atom is 0.411 e. The van der Waals surface area contributed by atoms with Gasteiger partial charge in [0, 0.05) is 55.2 Å². The summed E-state index contributed by atoms with van der Waals surface area (Å²) in [6.07, 6.45) is 0.516. The van der Waals surface area contributed by atoms with Gasteiger partial charge >= 0.3 is 12.1 Å². The molecule has 8 rings (SSSR count). The van der Waals surface area contributed by atoms with E-state index in [1.165, 1.54) is 7.11 Å². The minimum absolute atomic E-state index is 0.0408. The molecule has 0 aromatic heterocycles. The molecule has 1 heterocycles. The van der Waals surface area contributed by atoms with Crippen molar-refractivity contribution in [3.8, 4) is 11.5 Å². The van der Waals surface area contributed by atoms with Crippen LogP contribution < -0.4 is 10.1 Å². The lowest BCUT2D eigenvalue weighted by Crippen LogP contribution is -2.78. The average Bonchev–Trinajstić information content (AvgIpc) is 3.50. The molecule has 11 nitrogen and oxygen atoms in total. The molecule has 47 heavy (non-hydrogen) atoms. The SMILES string of the molecule is CCN1C[C@]2(OC(=O)c3ccccc3NC(=O)OC)CC[C@H](O)[C@@]34[C@@H]5C[C@H]6[C@H](O)[C@@H]5[C@](Oc5ccccc5O)(C[C@@H]6OC)[C@@H](C[C@H]23)[C@@H]14. The third-order valence-electron chi connectivity index (χ3n) is 13.2. The first-order valence-electron chi connectivity index (χ1n) is 16.9. The van der Waals surface area contributed by atoms with E-state index in [-0.39, 0.29) is 53.0 Å². The van der Waals surface area contributed by atoms with Crippen molar-refractivity contribution in [1.82, 2.24) is 4.90 Å². The number of benzene rings is 2. The average molecular weight is 649 g/mol. The van der Waals surface area contributed by atoms with Crippen LogP contribution in [-0.4, -0.2) is 95.1 Å². The van der Waals surface area contributed by atoms with Crippen molar-refractivity contribution in [3.63, 3.8) is 0 Å². The van der Waals surface area contributed by atoms with Crippen molar-refractivity contribution < 1.29 is 43.9 Å². The number of carbonyl (C=O) groups excluding carboxylic acids is 2. The summed E-state index contributed by atoms with van der Waals surface area (Å²) in [5.41, 5.74) is -1.90. The van der Waals surface area contributed by atoms with E-state index in [1.54, 1.807) is 49.6 Å². The number of nitrogens with zero attached hydrogens (tertiary/aromatic N) is 1. The molecule has 1 spiro atoms. The van der Waals surface area contributed by atoms with Crippen LogP contribution in [-0.2, 0) is 14.2 Å². The first kappa shape index (κ1) is 30.9. The van der Waals surface area contributed by atoms with Crippen molar-refractivity contribution in [1.29, 1.82) is 0 Å². The number of phenolic OH excluding ortho intramolecular Hbond substituents is 1. The molecule has 5 saturated carbocycles. The van der Waals surface area contributed by atoms with E-state index < -0.39 is 40.9 Å². The maximum absolute atomic E-state index is 14.2. The van der Waals surface area contributed by atoms with Crippen molar-refractivity contribution in [2.45, 2.75) is 74.6 Å². The number of carbonyl (C=O) groups is 2. The van der Waals surface area contributed by atoms with E-state index >= 15 is 0 Å². The number of anilines is 1. The quantitative estimate of drug-likeness (QED) is 0.327. The van der Waals surface area contributed by atoms with Crippen LogP contribution in [0.5, 0.6) is 11.5 Å². The number of hydrogen-bond donors (Lipinski definition) is 4. The topological polar surface area (TPSA) is 147 Å². The van der Waals surface area contributed by atoms with E-state index in [0.717, 1.165) is 0 Å². The fourth-order valence-corrected chi connectivity index (χ4v) is 11.9. The Hall–Kier alpha value is -3.38. The second-order valence-corrected chi connectivity index (χ2v) is 14.6. The highest BCUT2D eigenvalue weighted by Crippen LogP contribution is 2.78. The number of hydrogen-bond acceptors (Lipinski definition) is 10. The number of esters is 1. The highest BCUT2D eigenvalue weighted by Gasteiger charge is 2.85. The van der Waals surface area contributed by atoms with Gasteiger partial charge in [-0.3, -0.25) is 10.2 Å². The van der Waals surface area contributed by atoms with Gasteiger partial charge in [0.05, 0.1) is 36.7 Å². The van der Waals surface area contributed by atoms with Crippen molar-refractivity contribution in [2.24, 2.45) is 35.0 Å². The summed E-state index contributed by atoms with van der Waals surface area (Å²) in [4.78, 5) is 28.7. The molecule has 1 aliphatic heterocycles. The molecule has 7 bridgehead atoms. The van der Waals surface area contributed by atoms with Gasteiger partial charge < -0.3 is 34.3 Å². The molecule has 1 saturated heterocycles. The summed E-state index contributed by atoms with van der Waals surface area (Å²) in [5.74, 6) is -0.995. The lowest BCUT2D eigenvalue weighted by Gasteiger charge is -2.68. The zero-order valence-electron chi connectivity index (χ0n) is 27.0. The van der Waals surface area contributed by atoms with E-state index in [2.05, 4.69) is 17.1 Å². The zero-order valence-corrected chi connectivity index (χ0v) is 27.0. The summed E-state index contributed by atoms with van der Waals surface area (Å²) in [5, 5.41) is 37.9. The molecule has 0 radical (unpaired) electrons. The Balaban J connectivity index is 1.26. The predicted octanol–water partition coefficient (Wildman–Crippen LogP) is 3.81. The highest BCUT2D eigenvalue weighted by atomic mass is 16.6. The van der Waals surface area contributed by atoms with Gasteiger partial charge in [-0.25, -0.2) is 9.59 Å². The molecule has 6 aliphatic rings. The Morgan fingerprint density at radius 3 is 2.55 bits per heavy atom. The standard InChI is InChI=1S/C36H44N2O9/c1-4-38-18-34(47-32(42)19-9-5-6-10-23(19)37-33(43)45-3)14-13-28(40)36-21-15-20-26(44-2)17-35(29(21)30(20)41,22(31(36)38)16-27(34)36)46-25-12-8-7-11-24(25)39/h5-12,20-22,26-31,39-41H,4,13-18H2,1-3H3,(H,37,43)/t20-,21-,22+,26+,27-,28+,29-,30+,31-,34-,35+,36-/m1/s1. The fourth-order valence-electron chi connectivity index (χ4n) is 11.9. The third-order valence-corrected chi connectivity index (χ3v) is 13.2. The summed E-state index contributed by atoms with van der Waals surface area (Å²) in [7, 11) is 2.95. The minimum atomic E-state index is -0.908. The summed E-state index contributed by atoms with van der Waals surface area (Å²) >= 11 is 0. The van der Waals surface area contributed by atoms with Crippen molar-refractivity contribution in [3.05, 3.63) is 54.1 Å². The number of aliphatic hydroxyl groups is 2. The molecular formula is C36H44N2O9. The molecule has 2 aromatic carbocycles. The molecule has 2 aromatic rings. The first-order chi connectivity index (χ1) is 22.6. The summed E-state index contributed by atoms with van der Waals surface area (Å²) in [6, 6.07) is 13.6. The molecular weight excluding hydrogens is 604 g/mol. The van der Waals surface area contributed by atoms with E-state index in [9.17, 15) is 24.9 Å². The molecule has 0 unspecified atom stereocenters. The van der Waals surface area contributed by atoms with Gasteiger partial charge in [-0.1, -0.05) is 31.2 Å². The van der Waals surface area contributed by atoms with Crippen LogP contribution in [0.25, 0.3) is 0 Å².